The number of hydrogen-bond donors (Lipinski definition) is 0. The van der Waals surface area contributed by atoms with Gasteiger partial charge in [0.1, 0.15) is 0 Å². The van der Waals surface area contributed by atoms with Gasteiger partial charge >= 0.3 is 0 Å². The molecule has 1 atom stereocenters. The van der Waals surface area contributed by atoms with E-state index in [0.717, 1.165) is 6.04 Å². The first-order valence-electron chi connectivity index (χ1n) is 5.62. The Morgan fingerprint density at radius 1 is 1.08 bits per heavy atom. The zero-order valence-electron chi connectivity index (χ0n) is 8.68. The first kappa shape index (κ1) is 10.0. The maximum Gasteiger partial charge on any atom is 0.00925 e. The van der Waals surface area contributed by atoms with Crippen molar-refractivity contribution in [2.45, 2.75) is 58.4 Å². The van der Waals surface area contributed by atoms with E-state index < -0.39 is 0 Å². The highest BCUT2D eigenvalue weighted by Crippen LogP contribution is 2.17. The summed E-state index contributed by atoms with van der Waals surface area (Å²) in [6.45, 7) is 7.35. The molecule has 72 valence electrons. The molecule has 0 saturated carbocycles. The van der Waals surface area contributed by atoms with Crippen LogP contribution in [0.1, 0.15) is 52.4 Å². The lowest BCUT2D eigenvalue weighted by molar-refractivity contribution is 0.150. The van der Waals surface area contributed by atoms with Crippen LogP contribution in [0.4, 0.5) is 0 Å². The highest BCUT2D eigenvalue weighted by Gasteiger charge is 2.17. The van der Waals surface area contributed by atoms with Crippen molar-refractivity contribution in [2.24, 2.45) is 0 Å². The van der Waals surface area contributed by atoms with Crippen molar-refractivity contribution in [1.29, 1.82) is 0 Å². The smallest absolute Gasteiger partial charge is 0.00925 e. The lowest BCUT2D eigenvalue weighted by atomic mass is 10.0. The molecule has 0 aromatic heterocycles. The van der Waals surface area contributed by atoms with E-state index in [9.17, 15) is 0 Å². The summed E-state index contributed by atoms with van der Waals surface area (Å²) in [7, 11) is 0. The Morgan fingerprint density at radius 2 is 1.75 bits per heavy atom. The number of rotatable bonds is 4. The lowest BCUT2D eigenvalue weighted by Gasteiger charge is -2.33. The van der Waals surface area contributed by atoms with Crippen LogP contribution in [0.2, 0.25) is 0 Å². The second kappa shape index (κ2) is 5.58. The van der Waals surface area contributed by atoms with Gasteiger partial charge in [-0.05, 0) is 38.8 Å². The molecule has 0 amide bonds. The molecule has 0 aliphatic carbocycles. The molecule has 0 N–H and O–H groups in total. The molecule has 0 radical (unpaired) electrons. The third-order valence-electron chi connectivity index (χ3n) is 3.00. The summed E-state index contributed by atoms with van der Waals surface area (Å²) in [5, 5.41) is 0. The molecular formula is C11H23N. The normalized spacial score (nSPS) is 22.5. The average molecular weight is 169 g/mol. The summed E-state index contributed by atoms with van der Waals surface area (Å²) in [4.78, 5) is 2.70. The van der Waals surface area contributed by atoms with Gasteiger partial charge in [-0.2, -0.15) is 0 Å². The Bertz CT molecular complexity index is 103. The molecule has 1 rings (SSSR count). The van der Waals surface area contributed by atoms with Gasteiger partial charge in [-0.15, -0.1) is 0 Å². The third kappa shape index (κ3) is 2.78. The predicted octanol–water partition coefficient (Wildman–Crippen LogP) is 3.05. The van der Waals surface area contributed by atoms with E-state index in [2.05, 4.69) is 18.7 Å². The Kier molecular flexibility index (Phi) is 4.67. The summed E-state index contributed by atoms with van der Waals surface area (Å²) in [6.07, 6.45) is 8.40. The van der Waals surface area contributed by atoms with Crippen LogP contribution in [0.15, 0.2) is 0 Å². The molecule has 1 saturated heterocycles. The van der Waals surface area contributed by atoms with Gasteiger partial charge < -0.3 is 4.90 Å². The largest absolute Gasteiger partial charge is 0.300 e. The van der Waals surface area contributed by atoms with Crippen molar-refractivity contribution >= 4 is 0 Å². The van der Waals surface area contributed by atoms with E-state index in [1.165, 1.54) is 51.6 Å². The Hall–Kier alpha value is -0.0400. The summed E-state index contributed by atoms with van der Waals surface area (Å²) in [5.41, 5.74) is 0. The van der Waals surface area contributed by atoms with Crippen LogP contribution in [-0.2, 0) is 0 Å². The van der Waals surface area contributed by atoms with Gasteiger partial charge in [0.2, 0.25) is 0 Å². The molecule has 1 heteroatoms. The molecule has 1 fully saturated rings. The fourth-order valence-electron chi connectivity index (χ4n) is 2.26. The van der Waals surface area contributed by atoms with Crippen LogP contribution in [0.5, 0.6) is 0 Å². The van der Waals surface area contributed by atoms with Crippen molar-refractivity contribution in [1.82, 2.24) is 4.90 Å². The molecule has 1 aliphatic rings. The highest BCUT2D eigenvalue weighted by atomic mass is 15.2. The summed E-state index contributed by atoms with van der Waals surface area (Å²) in [5.74, 6) is 0. The predicted molar refractivity (Wildman–Crippen MR) is 54.4 cm³/mol. The van der Waals surface area contributed by atoms with Gasteiger partial charge in [0.15, 0.2) is 0 Å². The topological polar surface area (TPSA) is 3.24 Å². The fourth-order valence-corrected chi connectivity index (χ4v) is 2.26. The van der Waals surface area contributed by atoms with Crippen molar-refractivity contribution < 1.29 is 0 Å². The second-order valence-corrected chi connectivity index (χ2v) is 3.95. The monoisotopic (exact) mass is 169 g/mol. The van der Waals surface area contributed by atoms with E-state index in [1.54, 1.807) is 0 Å². The van der Waals surface area contributed by atoms with Crippen molar-refractivity contribution in [3.8, 4) is 0 Å². The summed E-state index contributed by atoms with van der Waals surface area (Å²) >= 11 is 0. The molecule has 12 heavy (non-hydrogen) atoms. The molecule has 1 heterocycles. The van der Waals surface area contributed by atoms with Crippen molar-refractivity contribution in [3.05, 3.63) is 0 Å². The van der Waals surface area contributed by atoms with Gasteiger partial charge in [0.05, 0.1) is 0 Å². The van der Waals surface area contributed by atoms with Crippen LogP contribution in [-0.4, -0.2) is 24.0 Å². The second-order valence-electron chi connectivity index (χ2n) is 3.95. The molecule has 0 spiro atoms. The number of hydrogen-bond acceptors (Lipinski definition) is 1. The first-order chi connectivity index (χ1) is 5.88. The van der Waals surface area contributed by atoms with Gasteiger partial charge in [-0.1, -0.05) is 26.7 Å². The quantitative estimate of drug-likeness (QED) is 0.625. The Balaban J connectivity index is 2.29. The molecule has 1 unspecified atom stereocenters. The van der Waals surface area contributed by atoms with E-state index in [4.69, 9.17) is 0 Å². The number of piperidine rings is 1. The average Bonchev–Trinajstić information content (AvgIpc) is 2.15. The highest BCUT2D eigenvalue weighted by molar-refractivity contribution is 4.73. The molecule has 0 aromatic carbocycles. The Morgan fingerprint density at radius 3 is 2.25 bits per heavy atom. The van der Waals surface area contributed by atoms with Crippen LogP contribution >= 0.6 is 0 Å². The third-order valence-corrected chi connectivity index (χ3v) is 3.00. The maximum absolute atomic E-state index is 2.70. The van der Waals surface area contributed by atoms with Gasteiger partial charge in [0, 0.05) is 6.04 Å². The van der Waals surface area contributed by atoms with E-state index in [0.29, 0.717) is 0 Å². The number of likely N-dealkylation sites (tertiary alicyclic amines) is 1. The molecular weight excluding hydrogens is 146 g/mol. The van der Waals surface area contributed by atoms with Crippen molar-refractivity contribution in [2.75, 3.05) is 13.1 Å². The minimum absolute atomic E-state index is 0.885. The summed E-state index contributed by atoms with van der Waals surface area (Å²) < 4.78 is 0. The van der Waals surface area contributed by atoms with E-state index in [1.807, 2.05) is 0 Å². The van der Waals surface area contributed by atoms with Crippen LogP contribution in [0, 0.1) is 0 Å². The van der Waals surface area contributed by atoms with Gasteiger partial charge in [-0.25, -0.2) is 0 Å². The maximum atomic E-state index is 2.70. The van der Waals surface area contributed by atoms with Crippen molar-refractivity contribution in [3.63, 3.8) is 0 Å². The van der Waals surface area contributed by atoms with Gasteiger partial charge in [0.25, 0.3) is 0 Å². The molecule has 1 aliphatic heterocycles. The Labute approximate surface area is 77.1 Å². The first-order valence-corrected chi connectivity index (χ1v) is 5.62. The minimum atomic E-state index is 0.885. The zero-order valence-corrected chi connectivity index (χ0v) is 8.68. The zero-order chi connectivity index (χ0) is 8.81. The van der Waals surface area contributed by atoms with E-state index >= 15 is 0 Å². The molecule has 1 nitrogen and oxygen atoms in total. The summed E-state index contributed by atoms with van der Waals surface area (Å²) in [6, 6.07) is 0.885. The van der Waals surface area contributed by atoms with E-state index in [-0.39, 0.29) is 0 Å². The molecule has 0 bridgehead atoms. The number of nitrogens with zero attached hydrogens (tertiary/aromatic N) is 1. The standard InChI is InChI=1S/C11H23N/c1-3-8-11(4-2)12-9-6-5-7-10-12/h11H,3-10H2,1-2H3. The fraction of sp³-hybridized carbons (Fsp3) is 1.00. The SMILES string of the molecule is CCCC(CC)N1CCCCC1. The minimum Gasteiger partial charge on any atom is -0.300 e. The van der Waals surface area contributed by atoms with Crippen LogP contribution < -0.4 is 0 Å². The van der Waals surface area contributed by atoms with Crippen LogP contribution in [0.3, 0.4) is 0 Å². The lowest BCUT2D eigenvalue weighted by Crippen LogP contribution is -2.38. The van der Waals surface area contributed by atoms with Gasteiger partial charge in [-0.3, -0.25) is 0 Å². The van der Waals surface area contributed by atoms with Crippen LogP contribution in [0.25, 0.3) is 0 Å². The molecule has 0 aromatic rings.